The molecule has 0 unspecified atom stereocenters. The number of hydrogen-bond donors (Lipinski definition) is 1. The normalized spacial score (nSPS) is 15.0. The maximum Gasteiger partial charge on any atom is 0.254 e. The molecule has 0 radical (unpaired) electrons. The van der Waals surface area contributed by atoms with Gasteiger partial charge in [-0.1, -0.05) is 18.2 Å². The Labute approximate surface area is 146 Å². The van der Waals surface area contributed by atoms with E-state index in [0.717, 1.165) is 37.3 Å². The highest BCUT2D eigenvalue weighted by molar-refractivity contribution is 9.10. The van der Waals surface area contributed by atoms with Gasteiger partial charge in [0.1, 0.15) is 5.82 Å². The Morgan fingerprint density at radius 3 is 3.04 bits per heavy atom. The molecule has 3 aromatic rings. The third kappa shape index (κ3) is 2.75. The molecule has 1 aliphatic rings. The molecule has 23 heavy (non-hydrogen) atoms. The number of nitrogens with one attached hydrogen (secondary N) is 1. The molecule has 0 bridgehead atoms. The minimum atomic E-state index is 0.0233. The Kier molecular flexibility index (Phi) is 3.83. The molecule has 0 amide bonds. The van der Waals surface area contributed by atoms with Gasteiger partial charge in [-0.15, -0.1) is 11.3 Å². The van der Waals surface area contributed by atoms with Crippen molar-refractivity contribution in [3.8, 4) is 0 Å². The second-order valence-electron chi connectivity index (χ2n) is 5.87. The van der Waals surface area contributed by atoms with Gasteiger partial charge in [0.05, 0.1) is 5.69 Å². The van der Waals surface area contributed by atoms with Crippen LogP contribution in [-0.2, 0) is 19.5 Å². The molecule has 0 aliphatic carbocycles. The van der Waals surface area contributed by atoms with Crippen LogP contribution in [0.4, 0.5) is 0 Å². The van der Waals surface area contributed by atoms with Gasteiger partial charge in [-0.25, -0.2) is 4.98 Å². The third-order valence-electron chi connectivity index (χ3n) is 4.24. The van der Waals surface area contributed by atoms with Crippen molar-refractivity contribution in [3.63, 3.8) is 0 Å². The number of hydrogen-bond acceptors (Lipinski definition) is 4. The van der Waals surface area contributed by atoms with Crippen molar-refractivity contribution < 1.29 is 0 Å². The van der Waals surface area contributed by atoms with Crippen LogP contribution in [0.5, 0.6) is 0 Å². The number of aromatic amines is 1. The van der Waals surface area contributed by atoms with Crippen molar-refractivity contribution >= 4 is 37.4 Å². The minimum absolute atomic E-state index is 0.0233. The molecule has 0 atom stereocenters. The molecule has 1 aliphatic heterocycles. The topological polar surface area (TPSA) is 49.0 Å². The molecule has 1 aromatic carbocycles. The van der Waals surface area contributed by atoms with Gasteiger partial charge in [0.25, 0.3) is 5.56 Å². The average Bonchev–Trinajstić information content (AvgIpc) is 2.83. The number of fused-ring (bicyclic) bond motifs is 2. The van der Waals surface area contributed by atoms with Crippen LogP contribution in [0.15, 0.2) is 33.5 Å². The molecular weight excluding hydrogens is 374 g/mol. The zero-order valence-corrected chi connectivity index (χ0v) is 15.1. The van der Waals surface area contributed by atoms with Gasteiger partial charge < -0.3 is 4.98 Å². The Hall–Kier alpha value is -1.50. The molecule has 1 N–H and O–H groups in total. The molecule has 4 nitrogen and oxygen atoms in total. The molecule has 0 spiro atoms. The highest BCUT2D eigenvalue weighted by Gasteiger charge is 2.22. The summed E-state index contributed by atoms with van der Waals surface area (Å²) in [5.41, 5.74) is 1.80. The summed E-state index contributed by atoms with van der Waals surface area (Å²) in [6, 6.07) is 8.45. The number of H-pyrrole nitrogens is 1. The summed E-state index contributed by atoms with van der Waals surface area (Å²) in [6.45, 7) is 4.35. The Morgan fingerprint density at radius 1 is 1.39 bits per heavy atom. The summed E-state index contributed by atoms with van der Waals surface area (Å²) in [6.07, 6.45) is 0.764. The van der Waals surface area contributed by atoms with E-state index in [1.54, 1.807) is 0 Å². The lowest BCUT2D eigenvalue weighted by atomic mass is 10.1. The second-order valence-corrected chi connectivity index (χ2v) is 7.80. The SMILES string of the molecule is Cc1nc2c(c(=O)[nH]1)CCN(Cc1sc3ccccc3c1Br)C2. The fraction of sp³-hybridized carbons (Fsp3) is 0.294. The second kappa shape index (κ2) is 5.85. The first kappa shape index (κ1) is 15.1. The molecular formula is C17H16BrN3OS. The van der Waals surface area contributed by atoms with Crippen molar-refractivity contribution in [2.24, 2.45) is 0 Å². The maximum absolute atomic E-state index is 12.0. The van der Waals surface area contributed by atoms with Crippen LogP contribution in [0.2, 0.25) is 0 Å². The summed E-state index contributed by atoms with van der Waals surface area (Å²) in [7, 11) is 0. The van der Waals surface area contributed by atoms with E-state index in [1.165, 1.54) is 19.4 Å². The lowest BCUT2D eigenvalue weighted by Gasteiger charge is -2.27. The van der Waals surface area contributed by atoms with Gasteiger partial charge in [0, 0.05) is 44.6 Å². The summed E-state index contributed by atoms with van der Waals surface area (Å²) in [4.78, 5) is 23.0. The van der Waals surface area contributed by atoms with E-state index < -0.39 is 0 Å². The first-order valence-corrected chi connectivity index (χ1v) is 9.19. The van der Waals surface area contributed by atoms with Gasteiger partial charge in [-0.3, -0.25) is 9.69 Å². The summed E-state index contributed by atoms with van der Waals surface area (Å²) in [5, 5.41) is 1.27. The predicted molar refractivity (Wildman–Crippen MR) is 96.9 cm³/mol. The van der Waals surface area contributed by atoms with Crippen molar-refractivity contribution in [3.05, 3.63) is 61.1 Å². The third-order valence-corrected chi connectivity index (χ3v) is 6.56. The first-order chi connectivity index (χ1) is 11.1. The average molecular weight is 390 g/mol. The quantitative estimate of drug-likeness (QED) is 0.727. The van der Waals surface area contributed by atoms with Crippen LogP contribution in [0, 0.1) is 6.92 Å². The first-order valence-electron chi connectivity index (χ1n) is 7.59. The molecule has 3 heterocycles. The van der Waals surface area contributed by atoms with E-state index in [2.05, 4.69) is 55.1 Å². The highest BCUT2D eigenvalue weighted by atomic mass is 79.9. The van der Waals surface area contributed by atoms with Crippen LogP contribution >= 0.6 is 27.3 Å². The van der Waals surface area contributed by atoms with Gasteiger partial charge in [-0.05, 0) is 35.3 Å². The molecule has 2 aromatic heterocycles. The summed E-state index contributed by atoms with van der Waals surface area (Å²) < 4.78 is 2.50. The molecule has 0 saturated heterocycles. The zero-order valence-electron chi connectivity index (χ0n) is 12.7. The van der Waals surface area contributed by atoms with Crippen molar-refractivity contribution in [2.75, 3.05) is 6.54 Å². The van der Waals surface area contributed by atoms with Crippen LogP contribution in [0.25, 0.3) is 10.1 Å². The number of nitrogens with zero attached hydrogens (tertiary/aromatic N) is 2. The van der Waals surface area contributed by atoms with Gasteiger partial charge >= 0.3 is 0 Å². The van der Waals surface area contributed by atoms with Gasteiger partial charge in [-0.2, -0.15) is 0 Å². The van der Waals surface area contributed by atoms with E-state index in [9.17, 15) is 4.79 Å². The van der Waals surface area contributed by atoms with Crippen molar-refractivity contribution in [2.45, 2.75) is 26.4 Å². The van der Waals surface area contributed by atoms with Crippen LogP contribution < -0.4 is 5.56 Å². The number of thiophene rings is 1. The van der Waals surface area contributed by atoms with E-state index >= 15 is 0 Å². The number of aryl methyl sites for hydroxylation is 1. The minimum Gasteiger partial charge on any atom is -0.311 e. The standard InChI is InChI=1S/C17H16BrN3OS/c1-10-19-13-8-21(7-6-11(13)17(22)20-10)9-15-16(18)12-4-2-3-5-14(12)23-15/h2-5H,6-9H2,1H3,(H,19,20,22). The summed E-state index contributed by atoms with van der Waals surface area (Å²) >= 11 is 5.58. The number of halogens is 1. The molecule has 4 rings (SSSR count). The fourth-order valence-electron chi connectivity index (χ4n) is 3.12. The molecule has 6 heteroatoms. The van der Waals surface area contributed by atoms with E-state index in [0.29, 0.717) is 5.82 Å². The number of rotatable bonds is 2. The lowest BCUT2D eigenvalue weighted by molar-refractivity contribution is 0.242. The van der Waals surface area contributed by atoms with E-state index in [1.807, 2.05) is 18.3 Å². The highest BCUT2D eigenvalue weighted by Crippen LogP contribution is 2.36. The lowest BCUT2D eigenvalue weighted by Crippen LogP contribution is -2.35. The monoisotopic (exact) mass is 389 g/mol. The van der Waals surface area contributed by atoms with Crippen molar-refractivity contribution in [1.82, 2.24) is 14.9 Å². The van der Waals surface area contributed by atoms with Crippen LogP contribution in [0.3, 0.4) is 0 Å². The zero-order chi connectivity index (χ0) is 16.0. The van der Waals surface area contributed by atoms with Crippen LogP contribution in [-0.4, -0.2) is 21.4 Å². The van der Waals surface area contributed by atoms with Gasteiger partial charge in [0.15, 0.2) is 0 Å². The largest absolute Gasteiger partial charge is 0.311 e. The van der Waals surface area contributed by atoms with E-state index in [4.69, 9.17) is 0 Å². The maximum atomic E-state index is 12.0. The Morgan fingerprint density at radius 2 is 2.22 bits per heavy atom. The smallest absolute Gasteiger partial charge is 0.254 e. The Balaban J connectivity index is 1.62. The fourth-order valence-corrected chi connectivity index (χ4v) is 5.11. The van der Waals surface area contributed by atoms with Crippen molar-refractivity contribution in [1.29, 1.82) is 0 Å². The Bertz CT molecular complexity index is 947. The number of benzene rings is 1. The predicted octanol–water partition coefficient (Wildman–Crippen LogP) is 3.61. The molecule has 118 valence electrons. The number of aromatic nitrogens is 2. The van der Waals surface area contributed by atoms with Gasteiger partial charge in [0.2, 0.25) is 0 Å². The summed E-state index contributed by atoms with van der Waals surface area (Å²) in [5.74, 6) is 0.693. The molecule has 0 fully saturated rings. The van der Waals surface area contributed by atoms with Crippen LogP contribution in [0.1, 0.15) is 22.0 Å². The van der Waals surface area contributed by atoms with E-state index in [-0.39, 0.29) is 5.56 Å². The molecule has 0 saturated carbocycles.